The number of aryl methyl sites for hydroxylation is 2. The van der Waals surface area contributed by atoms with Gasteiger partial charge in [0, 0.05) is 6.07 Å². The van der Waals surface area contributed by atoms with Crippen LogP contribution in [0.15, 0.2) is 94.7 Å². The largest absolute Gasteiger partial charge is 2.00 e. The van der Waals surface area contributed by atoms with Crippen LogP contribution in [0.2, 0.25) is 0 Å². The molecule has 0 aliphatic carbocycles. The summed E-state index contributed by atoms with van der Waals surface area (Å²) in [7, 11) is -9.15. The van der Waals surface area contributed by atoms with Gasteiger partial charge < -0.3 is 24.2 Å². The molecule has 0 aliphatic rings. The smallest absolute Gasteiger partial charge is 0.872 e. The van der Waals surface area contributed by atoms with E-state index in [9.17, 15) is 36.2 Å². The molecule has 0 unspecified atom stereocenters. The average Bonchev–Trinajstić information content (AvgIpc) is 3.08. The van der Waals surface area contributed by atoms with Crippen molar-refractivity contribution in [3.8, 4) is 34.5 Å². The van der Waals surface area contributed by atoms with E-state index in [1.807, 2.05) is 24.3 Å². The summed E-state index contributed by atoms with van der Waals surface area (Å²) in [4.78, 5) is -0.917. The number of benzene rings is 4. The van der Waals surface area contributed by atoms with Gasteiger partial charge in [-0.05, 0) is 85.3 Å². The zero-order valence-electron chi connectivity index (χ0n) is 30.7. The molecule has 0 spiro atoms. The Bertz CT molecular complexity index is 1740. The third-order valence-corrected chi connectivity index (χ3v) is 10.1. The summed E-state index contributed by atoms with van der Waals surface area (Å²) >= 11 is 0. The van der Waals surface area contributed by atoms with E-state index in [-0.39, 0.29) is 59.9 Å². The van der Waals surface area contributed by atoms with Gasteiger partial charge >= 0.3 is 37.7 Å². The van der Waals surface area contributed by atoms with Crippen LogP contribution < -0.4 is 14.6 Å². The molecular weight excluding hydrogens is 745 g/mol. The summed E-state index contributed by atoms with van der Waals surface area (Å²) in [6, 6.07) is 21.1. The van der Waals surface area contributed by atoms with E-state index in [0.29, 0.717) is 11.5 Å². The number of unbranched alkanes of at least 4 members (excludes halogenated alkanes) is 10. The van der Waals surface area contributed by atoms with Crippen molar-refractivity contribution in [3.63, 3.8) is 0 Å². The predicted octanol–water partition coefficient (Wildman–Crippen LogP) is 9.31. The van der Waals surface area contributed by atoms with E-state index in [4.69, 9.17) is 9.47 Å². The van der Waals surface area contributed by atoms with Gasteiger partial charge in [-0.2, -0.15) is 8.42 Å². The van der Waals surface area contributed by atoms with Crippen molar-refractivity contribution in [1.29, 1.82) is 0 Å². The van der Waals surface area contributed by atoms with E-state index in [0.717, 1.165) is 56.0 Å². The zero-order valence-corrected chi connectivity index (χ0v) is 34.5. The second-order valence-corrected chi connectivity index (χ2v) is 15.4. The van der Waals surface area contributed by atoms with Crippen molar-refractivity contribution in [1.82, 2.24) is 0 Å². The molecule has 0 atom stereocenters. The number of phenolic OH excluding ortho intramolecular Hbond substituents is 1. The van der Waals surface area contributed by atoms with Crippen LogP contribution in [0.25, 0.3) is 0 Å². The Morgan fingerprint density at radius 3 is 1.42 bits per heavy atom. The fourth-order valence-corrected chi connectivity index (χ4v) is 6.66. The molecule has 0 saturated heterocycles. The maximum absolute atomic E-state index is 11.4. The van der Waals surface area contributed by atoms with Gasteiger partial charge in [0.2, 0.25) is 0 Å². The molecule has 0 saturated carbocycles. The minimum absolute atomic E-state index is 0. The van der Waals surface area contributed by atoms with Crippen molar-refractivity contribution in [2.45, 2.75) is 114 Å². The van der Waals surface area contributed by atoms with E-state index in [1.54, 1.807) is 24.3 Å². The first-order valence-electron chi connectivity index (χ1n) is 17.9. The molecule has 0 fully saturated rings. The second kappa shape index (κ2) is 23.8. The van der Waals surface area contributed by atoms with E-state index in [2.05, 4.69) is 13.8 Å². The van der Waals surface area contributed by atoms with Gasteiger partial charge in [-0.25, -0.2) is 8.42 Å². The standard InChI is InChI=1S/2C20H26O5S.Ca/c2*1-2-3-4-5-6-7-8-16-9-12-18(13-10-16)25-19-15-17(21)11-14-20(19)26(22,23)24;/h2*9-15,21H,2-8H2,1H3,(H,22,23,24);/q;;+2/p-2. The van der Waals surface area contributed by atoms with Gasteiger partial charge in [0.05, 0.1) is 4.90 Å². The van der Waals surface area contributed by atoms with Crippen molar-refractivity contribution in [3.05, 3.63) is 96.1 Å². The summed E-state index contributed by atoms with van der Waals surface area (Å²) in [5.41, 5.74) is 2.36. The molecule has 0 aromatic heterocycles. The van der Waals surface area contributed by atoms with Crippen molar-refractivity contribution < 1.29 is 45.6 Å². The zero-order chi connectivity index (χ0) is 38.0. The molecule has 2 N–H and O–H groups in total. The molecule has 4 aromatic rings. The normalized spacial score (nSPS) is 11.2. The van der Waals surface area contributed by atoms with Crippen LogP contribution >= 0.6 is 0 Å². The summed E-state index contributed by atoms with van der Waals surface area (Å²) in [6.45, 7) is 4.41. The predicted molar refractivity (Wildman–Crippen MR) is 205 cm³/mol. The third-order valence-electron chi connectivity index (χ3n) is 8.33. The van der Waals surface area contributed by atoms with Crippen molar-refractivity contribution >= 4 is 58.0 Å². The van der Waals surface area contributed by atoms with Crippen LogP contribution in [0.3, 0.4) is 0 Å². The Labute approximate surface area is 345 Å². The Morgan fingerprint density at radius 2 is 0.981 bits per heavy atom. The Balaban J connectivity index is 0.000000360. The molecule has 4 rings (SSSR count). The number of ether oxygens (including phenoxy) is 2. The SMILES string of the molecule is CCCCCCCCc1ccc(Oc2cc(O)ccc2S(=O)(=O)O)cc1.CCCCCCCCc1ccc(Oc2cc([O-])ccc2S(=O)(=O)[O-])cc1.[Ca+2]. The molecule has 0 aliphatic heterocycles. The summed E-state index contributed by atoms with van der Waals surface area (Å²) < 4.78 is 77.0. The molecule has 0 heterocycles. The maximum Gasteiger partial charge on any atom is 2.00 e. The van der Waals surface area contributed by atoms with Gasteiger partial charge in [0.15, 0.2) is 5.75 Å². The second-order valence-electron chi connectivity index (χ2n) is 12.7. The maximum atomic E-state index is 11.4. The summed E-state index contributed by atoms with van der Waals surface area (Å²) in [5, 5.41) is 21.0. The quantitative estimate of drug-likeness (QED) is 0.0499. The van der Waals surface area contributed by atoms with Gasteiger partial charge in [-0.1, -0.05) is 108 Å². The average molecular weight is 795 g/mol. The Morgan fingerprint density at radius 1 is 0.566 bits per heavy atom. The van der Waals surface area contributed by atoms with Gasteiger partial charge in [0.1, 0.15) is 38.0 Å². The molecule has 0 bridgehead atoms. The summed E-state index contributed by atoms with van der Waals surface area (Å²) in [5.74, 6) is -0.106. The third kappa shape index (κ3) is 17.4. The molecule has 0 amide bonds. The molecule has 10 nitrogen and oxygen atoms in total. The number of phenols is 1. The minimum Gasteiger partial charge on any atom is -0.872 e. The number of rotatable bonds is 20. The molecular formula is C40H50CaO10S2. The van der Waals surface area contributed by atoms with Gasteiger partial charge in [0.25, 0.3) is 10.1 Å². The number of aromatic hydroxyl groups is 1. The van der Waals surface area contributed by atoms with E-state index >= 15 is 0 Å². The first-order chi connectivity index (χ1) is 24.8. The number of hydrogen-bond acceptors (Lipinski definition) is 9. The molecule has 53 heavy (non-hydrogen) atoms. The van der Waals surface area contributed by atoms with Gasteiger partial charge in [-0.15, -0.1) is 5.75 Å². The van der Waals surface area contributed by atoms with E-state index in [1.165, 1.54) is 81.4 Å². The molecule has 0 radical (unpaired) electrons. The number of hydrogen-bond donors (Lipinski definition) is 2. The van der Waals surface area contributed by atoms with Gasteiger partial charge in [-0.3, -0.25) is 4.55 Å². The fourth-order valence-electron chi connectivity index (χ4n) is 5.49. The van der Waals surface area contributed by atoms with E-state index < -0.39 is 30.9 Å². The van der Waals surface area contributed by atoms with Crippen LogP contribution in [0.4, 0.5) is 0 Å². The minimum atomic E-state index is -4.71. The van der Waals surface area contributed by atoms with Crippen LogP contribution in [0.1, 0.15) is 102 Å². The first kappa shape index (κ1) is 46.3. The molecule has 284 valence electrons. The van der Waals surface area contributed by atoms with Crippen LogP contribution in [0, 0.1) is 0 Å². The monoisotopic (exact) mass is 794 g/mol. The van der Waals surface area contributed by atoms with Crippen LogP contribution in [-0.2, 0) is 33.1 Å². The summed E-state index contributed by atoms with van der Waals surface area (Å²) in [6.07, 6.45) is 16.9. The Hall–Kier alpha value is -2.84. The van der Waals surface area contributed by atoms with Crippen LogP contribution in [0.5, 0.6) is 34.5 Å². The fraction of sp³-hybridized carbons (Fsp3) is 0.400. The van der Waals surface area contributed by atoms with Crippen molar-refractivity contribution in [2.75, 3.05) is 0 Å². The molecule has 13 heteroatoms. The van der Waals surface area contributed by atoms with Crippen LogP contribution in [-0.4, -0.2) is 68.8 Å². The van der Waals surface area contributed by atoms with Crippen molar-refractivity contribution in [2.24, 2.45) is 0 Å². The Kier molecular flexibility index (Phi) is 20.8. The first-order valence-corrected chi connectivity index (χ1v) is 20.8. The molecule has 4 aromatic carbocycles. The topological polar surface area (TPSA) is 173 Å².